The molecule has 0 bridgehead atoms. The number of fused-ring (bicyclic) bond motifs is 1. The minimum absolute atomic E-state index is 0.00204. The quantitative estimate of drug-likeness (QED) is 0.874. The van der Waals surface area contributed by atoms with Crippen LogP contribution in [0, 0.1) is 5.92 Å². The molecule has 1 saturated heterocycles. The smallest absolute Gasteiger partial charge is 0.244 e. The van der Waals surface area contributed by atoms with E-state index >= 15 is 0 Å². The molecule has 1 N–H and O–H groups in total. The van der Waals surface area contributed by atoms with Gasteiger partial charge in [-0.1, -0.05) is 12.1 Å². The van der Waals surface area contributed by atoms with Gasteiger partial charge >= 0.3 is 0 Å². The Morgan fingerprint density at radius 3 is 3.05 bits per heavy atom. The monoisotopic (exact) mass is 260 g/mol. The molecule has 3 rings (SSSR count). The molecular weight excluding hydrogens is 244 g/mol. The molecule has 0 radical (unpaired) electrons. The van der Waals surface area contributed by atoms with Crippen LogP contribution in [0.2, 0.25) is 0 Å². The van der Waals surface area contributed by atoms with Crippen molar-refractivity contribution in [3.8, 4) is 0 Å². The first kappa shape index (κ1) is 12.2. The first-order valence-electron chi connectivity index (χ1n) is 6.51. The number of carbonyl (C=O) groups is 2. The second-order valence-electron chi connectivity index (χ2n) is 4.98. The first-order valence-corrected chi connectivity index (χ1v) is 6.51. The van der Waals surface area contributed by atoms with Crippen molar-refractivity contribution in [3.63, 3.8) is 0 Å². The minimum atomic E-state index is -0.144. The second kappa shape index (κ2) is 5.01. The SMILES string of the molecule is O=C1CN(C(=O)CC2CCOC2)c2ccccc2N1. The van der Waals surface area contributed by atoms with Crippen LogP contribution in [-0.4, -0.2) is 31.6 Å². The largest absolute Gasteiger partial charge is 0.381 e. The van der Waals surface area contributed by atoms with Crippen molar-refractivity contribution in [2.75, 3.05) is 30.0 Å². The predicted molar refractivity (Wildman–Crippen MR) is 71.0 cm³/mol. The summed E-state index contributed by atoms with van der Waals surface area (Å²) in [7, 11) is 0. The number of benzene rings is 1. The van der Waals surface area contributed by atoms with Crippen LogP contribution in [0.5, 0.6) is 0 Å². The molecule has 5 nitrogen and oxygen atoms in total. The van der Waals surface area contributed by atoms with E-state index in [0.29, 0.717) is 18.7 Å². The van der Waals surface area contributed by atoms with Gasteiger partial charge in [0.2, 0.25) is 11.8 Å². The van der Waals surface area contributed by atoms with Crippen LogP contribution >= 0.6 is 0 Å². The molecule has 0 spiro atoms. The second-order valence-corrected chi connectivity index (χ2v) is 4.98. The molecule has 0 saturated carbocycles. The van der Waals surface area contributed by atoms with E-state index < -0.39 is 0 Å². The summed E-state index contributed by atoms with van der Waals surface area (Å²) in [6, 6.07) is 7.39. The lowest BCUT2D eigenvalue weighted by Crippen LogP contribution is -2.42. The Kier molecular flexibility index (Phi) is 3.21. The van der Waals surface area contributed by atoms with Gasteiger partial charge in [0.05, 0.1) is 11.4 Å². The van der Waals surface area contributed by atoms with E-state index in [9.17, 15) is 9.59 Å². The summed E-state index contributed by atoms with van der Waals surface area (Å²) in [4.78, 5) is 25.6. The zero-order valence-electron chi connectivity index (χ0n) is 10.6. The highest BCUT2D eigenvalue weighted by Gasteiger charge is 2.29. The van der Waals surface area contributed by atoms with Crippen molar-refractivity contribution in [1.82, 2.24) is 0 Å². The molecule has 1 atom stereocenters. The van der Waals surface area contributed by atoms with Gasteiger partial charge in [-0.2, -0.15) is 0 Å². The van der Waals surface area contributed by atoms with Gasteiger partial charge in [0.25, 0.3) is 0 Å². The van der Waals surface area contributed by atoms with E-state index in [-0.39, 0.29) is 24.3 Å². The minimum Gasteiger partial charge on any atom is -0.381 e. The van der Waals surface area contributed by atoms with Crippen LogP contribution in [0.15, 0.2) is 24.3 Å². The van der Waals surface area contributed by atoms with Gasteiger partial charge in [0.1, 0.15) is 6.54 Å². The molecule has 2 heterocycles. The third kappa shape index (κ3) is 2.46. The average Bonchev–Trinajstić information content (AvgIpc) is 2.90. The number of hydrogen-bond donors (Lipinski definition) is 1. The van der Waals surface area contributed by atoms with Gasteiger partial charge in [-0.15, -0.1) is 0 Å². The third-order valence-electron chi connectivity index (χ3n) is 3.56. The molecule has 1 unspecified atom stereocenters. The fourth-order valence-electron chi connectivity index (χ4n) is 2.56. The van der Waals surface area contributed by atoms with Crippen LogP contribution in [-0.2, 0) is 14.3 Å². The molecule has 1 aromatic carbocycles. The molecule has 5 heteroatoms. The number of rotatable bonds is 2. The molecule has 0 aliphatic carbocycles. The molecule has 2 aliphatic rings. The number of nitrogens with zero attached hydrogens (tertiary/aromatic N) is 1. The van der Waals surface area contributed by atoms with Crippen LogP contribution in [0.3, 0.4) is 0 Å². The van der Waals surface area contributed by atoms with Crippen molar-refractivity contribution < 1.29 is 14.3 Å². The third-order valence-corrected chi connectivity index (χ3v) is 3.56. The maximum Gasteiger partial charge on any atom is 0.244 e. The van der Waals surface area contributed by atoms with Crippen LogP contribution in [0.25, 0.3) is 0 Å². The Balaban J connectivity index is 1.79. The summed E-state index contributed by atoms with van der Waals surface area (Å²) in [6.07, 6.45) is 1.37. The topological polar surface area (TPSA) is 58.6 Å². The molecule has 0 aromatic heterocycles. The van der Waals surface area contributed by atoms with Gasteiger partial charge in [0.15, 0.2) is 0 Å². The van der Waals surface area contributed by atoms with Crippen molar-refractivity contribution in [2.45, 2.75) is 12.8 Å². The Bertz CT molecular complexity index is 509. The molecule has 100 valence electrons. The van der Waals surface area contributed by atoms with E-state index in [0.717, 1.165) is 18.7 Å². The van der Waals surface area contributed by atoms with E-state index in [1.807, 2.05) is 24.3 Å². The molecule has 1 aromatic rings. The van der Waals surface area contributed by atoms with Crippen molar-refractivity contribution >= 4 is 23.2 Å². The van der Waals surface area contributed by atoms with E-state index in [1.165, 1.54) is 0 Å². The zero-order chi connectivity index (χ0) is 13.2. The number of para-hydroxylation sites is 2. The Hall–Kier alpha value is -1.88. The lowest BCUT2D eigenvalue weighted by molar-refractivity contribution is -0.122. The lowest BCUT2D eigenvalue weighted by atomic mass is 10.0. The van der Waals surface area contributed by atoms with E-state index in [1.54, 1.807) is 4.90 Å². The summed E-state index contributed by atoms with van der Waals surface area (Å²) < 4.78 is 5.29. The average molecular weight is 260 g/mol. The Labute approximate surface area is 111 Å². The first-order chi connectivity index (χ1) is 9.24. The highest BCUT2D eigenvalue weighted by molar-refractivity contribution is 6.09. The predicted octanol–water partition coefficient (Wildman–Crippen LogP) is 1.40. The van der Waals surface area contributed by atoms with Gasteiger partial charge < -0.3 is 15.0 Å². The van der Waals surface area contributed by atoms with Gasteiger partial charge in [-0.05, 0) is 24.5 Å². The summed E-state index contributed by atoms with van der Waals surface area (Å²) in [5.41, 5.74) is 1.49. The Morgan fingerprint density at radius 2 is 2.26 bits per heavy atom. The highest BCUT2D eigenvalue weighted by Crippen LogP contribution is 2.30. The summed E-state index contributed by atoms with van der Waals surface area (Å²) >= 11 is 0. The van der Waals surface area contributed by atoms with Crippen LogP contribution < -0.4 is 10.2 Å². The van der Waals surface area contributed by atoms with Gasteiger partial charge in [-0.25, -0.2) is 0 Å². The zero-order valence-corrected chi connectivity index (χ0v) is 10.6. The summed E-state index contributed by atoms with van der Waals surface area (Å²) in [5, 5.41) is 2.78. The maximum atomic E-state index is 12.4. The number of carbonyl (C=O) groups excluding carboxylic acids is 2. The van der Waals surface area contributed by atoms with Gasteiger partial charge in [0, 0.05) is 19.6 Å². The molecule has 19 heavy (non-hydrogen) atoms. The van der Waals surface area contributed by atoms with Gasteiger partial charge in [-0.3, -0.25) is 9.59 Å². The normalized spacial score (nSPS) is 22.0. The number of amides is 2. The molecular formula is C14H16N2O3. The van der Waals surface area contributed by atoms with E-state index in [2.05, 4.69) is 5.32 Å². The number of anilines is 2. The van der Waals surface area contributed by atoms with E-state index in [4.69, 9.17) is 4.74 Å². The Morgan fingerprint density at radius 1 is 1.42 bits per heavy atom. The van der Waals surface area contributed by atoms with Crippen molar-refractivity contribution in [2.24, 2.45) is 5.92 Å². The fourth-order valence-corrected chi connectivity index (χ4v) is 2.56. The molecule has 1 fully saturated rings. The fraction of sp³-hybridized carbons (Fsp3) is 0.429. The molecule has 2 amide bonds. The van der Waals surface area contributed by atoms with Crippen molar-refractivity contribution in [1.29, 1.82) is 0 Å². The summed E-state index contributed by atoms with van der Waals surface area (Å²) in [6.45, 7) is 1.48. The van der Waals surface area contributed by atoms with Crippen LogP contribution in [0.4, 0.5) is 11.4 Å². The highest BCUT2D eigenvalue weighted by atomic mass is 16.5. The number of nitrogens with one attached hydrogen (secondary N) is 1. The number of ether oxygens (including phenoxy) is 1. The summed E-state index contributed by atoms with van der Waals surface area (Å²) in [5.74, 6) is 0.136. The van der Waals surface area contributed by atoms with Crippen molar-refractivity contribution in [3.05, 3.63) is 24.3 Å². The lowest BCUT2D eigenvalue weighted by Gasteiger charge is -2.29. The number of hydrogen-bond acceptors (Lipinski definition) is 3. The maximum absolute atomic E-state index is 12.4. The molecule has 2 aliphatic heterocycles. The van der Waals surface area contributed by atoms with Crippen LogP contribution in [0.1, 0.15) is 12.8 Å². The standard InChI is InChI=1S/C14H16N2O3/c17-13-8-16(12-4-2-1-3-11(12)15-13)14(18)7-10-5-6-19-9-10/h1-4,10H,5-9H2,(H,15,17).